The van der Waals surface area contributed by atoms with Crippen LogP contribution < -0.4 is 5.32 Å². The van der Waals surface area contributed by atoms with Gasteiger partial charge in [-0.25, -0.2) is 0 Å². The van der Waals surface area contributed by atoms with Crippen molar-refractivity contribution in [3.63, 3.8) is 0 Å². The second-order valence-electron chi connectivity index (χ2n) is 20.5. The van der Waals surface area contributed by atoms with Crippen molar-refractivity contribution in [1.82, 2.24) is 5.32 Å². The highest BCUT2D eigenvalue weighted by Gasteiger charge is 2.44. The fourth-order valence-electron chi connectivity index (χ4n) is 9.64. The number of carbonyl (C=O) groups is 1. The van der Waals surface area contributed by atoms with E-state index in [0.29, 0.717) is 12.8 Å². The van der Waals surface area contributed by atoms with Crippen molar-refractivity contribution in [3.05, 3.63) is 0 Å². The number of carbonyl (C=O) groups excluding carboxylic acids is 1. The first-order valence-corrected chi connectivity index (χ1v) is 28.7. The highest BCUT2D eigenvalue weighted by molar-refractivity contribution is 5.76. The Morgan fingerprint density at radius 1 is 0.462 bits per heavy atom. The first-order chi connectivity index (χ1) is 31.8. The number of aliphatic hydroxyl groups excluding tert-OH is 5. The zero-order chi connectivity index (χ0) is 47.3. The van der Waals surface area contributed by atoms with Crippen molar-refractivity contribution in [2.75, 3.05) is 13.2 Å². The number of rotatable bonds is 50. The molecule has 1 saturated heterocycles. The summed E-state index contributed by atoms with van der Waals surface area (Å²) in [5.41, 5.74) is 0. The number of amides is 1. The molecular weight excluding hydrogens is 815 g/mol. The highest BCUT2D eigenvalue weighted by Crippen LogP contribution is 2.23. The van der Waals surface area contributed by atoms with Crippen LogP contribution in [-0.4, -0.2) is 87.5 Å². The molecule has 1 fully saturated rings. The predicted molar refractivity (Wildman–Crippen MR) is 272 cm³/mol. The van der Waals surface area contributed by atoms with Crippen molar-refractivity contribution in [1.29, 1.82) is 0 Å². The van der Waals surface area contributed by atoms with Gasteiger partial charge >= 0.3 is 0 Å². The molecule has 7 atom stereocenters. The van der Waals surface area contributed by atoms with Crippen LogP contribution in [0.1, 0.15) is 296 Å². The lowest BCUT2D eigenvalue weighted by Gasteiger charge is -2.40. The molecular formula is C56H111NO8. The third-order valence-corrected chi connectivity index (χ3v) is 14.2. The second kappa shape index (κ2) is 46.9. The van der Waals surface area contributed by atoms with Gasteiger partial charge in [-0.15, -0.1) is 0 Å². The number of ether oxygens (including phenoxy) is 2. The lowest BCUT2D eigenvalue weighted by Crippen LogP contribution is -2.60. The molecule has 1 heterocycles. The molecule has 0 aliphatic carbocycles. The van der Waals surface area contributed by atoms with Crippen LogP contribution in [0, 0.1) is 0 Å². The normalized spacial score (nSPS) is 19.8. The number of unbranched alkanes of at least 4 members (excludes halogenated alkanes) is 40. The molecule has 0 saturated carbocycles. The Hall–Kier alpha value is -0.810. The van der Waals surface area contributed by atoms with Gasteiger partial charge in [-0.2, -0.15) is 0 Å². The zero-order valence-electron chi connectivity index (χ0n) is 43.0. The molecule has 1 amide bonds. The fraction of sp³-hybridized carbons (Fsp3) is 0.982. The van der Waals surface area contributed by atoms with E-state index in [2.05, 4.69) is 19.2 Å². The standard InChI is InChI=1S/C56H111NO8/c1-3-5-7-9-11-12-13-14-15-16-17-18-19-20-21-22-23-24-25-26-27-28-29-30-31-32-33-34-35-36-37-38-40-42-44-46-52(60)57-49(50(59)45-43-41-39-10-8-6-4-2)48-64-56-55(63)54(62)53(61)51(47-58)65-56/h49-51,53-56,58-59,61-63H,3-48H2,1-2H3,(H,57,60). The molecule has 65 heavy (non-hydrogen) atoms. The van der Waals surface area contributed by atoms with Crippen LogP contribution >= 0.6 is 0 Å². The monoisotopic (exact) mass is 926 g/mol. The minimum atomic E-state index is -1.55. The summed E-state index contributed by atoms with van der Waals surface area (Å²) in [6, 6.07) is -0.710. The molecule has 0 aromatic rings. The average Bonchev–Trinajstić information content (AvgIpc) is 3.31. The van der Waals surface area contributed by atoms with Crippen LogP contribution in [0.3, 0.4) is 0 Å². The number of nitrogens with one attached hydrogen (secondary N) is 1. The Kier molecular flexibility index (Phi) is 44.9. The van der Waals surface area contributed by atoms with Gasteiger partial charge in [-0.1, -0.05) is 277 Å². The van der Waals surface area contributed by atoms with Crippen molar-refractivity contribution < 1.29 is 39.8 Å². The van der Waals surface area contributed by atoms with E-state index in [9.17, 15) is 30.3 Å². The fourth-order valence-corrected chi connectivity index (χ4v) is 9.64. The van der Waals surface area contributed by atoms with E-state index in [1.807, 2.05) is 0 Å². The Bertz CT molecular complexity index is 986. The maximum absolute atomic E-state index is 13.0. The number of aliphatic hydroxyl groups is 5. The SMILES string of the molecule is CCCCCCCCCCCCCCCCCCCCCCCCCCCCCCCCCCCCCC(=O)NC(COC1OC(CO)C(O)C(O)C1O)C(O)CCCCCCCCC. The van der Waals surface area contributed by atoms with Gasteiger partial charge in [-0.3, -0.25) is 4.79 Å². The zero-order valence-corrected chi connectivity index (χ0v) is 43.0. The summed E-state index contributed by atoms with van der Waals surface area (Å²) in [7, 11) is 0. The average molecular weight is 927 g/mol. The minimum absolute atomic E-state index is 0.133. The molecule has 0 spiro atoms. The van der Waals surface area contributed by atoms with Crippen LogP contribution in [0.5, 0.6) is 0 Å². The Morgan fingerprint density at radius 3 is 1.09 bits per heavy atom. The van der Waals surface area contributed by atoms with E-state index in [-0.39, 0.29) is 12.5 Å². The van der Waals surface area contributed by atoms with Gasteiger partial charge < -0.3 is 40.3 Å². The van der Waals surface area contributed by atoms with Crippen LogP contribution in [0.25, 0.3) is 0 Å². The maximum atomic E-state index is 13.0. The van der Waals surface area contributed by atoms with Gasteiger partial charge in [0.2, 0.25) is 5.91 Å². The van der Waals surface area contributed by atoms with E-state index >= 15 is 0 Å². The van der Waals surface area contributed by atoms with E-state index in [0.717, 1.165) is 38.5 Å². The molecule has 1 aliphatic rings. The third-order valence-electron chi connectivity index (χ3n) is 14.2. The molecule has 0 bridgehead atoms. The van der Waals surface area contributed by atoms with Gasteiger partial charge in [-0.05, 0) is 12.8 Å². The molecule has 9 nitrogen and oxygen atoms in total. The van der Waals surface area contributed by atoms with Crippen LogP contribution in [0.2, 0.25) is 0 Å². The smallest absolute Gasteiger partial charge is 0.220 e. The van der Waals surface area contributed by atoms with Crippen LogP contribution in [-0.2, 0) is 14.3 Å². The van der Waals surface area contributed by atoms with Crippen LogP contribution in [0.4, 0.5) is 0 Å². The summed E-state index contributed by atoms with van der Waals surface area (Å²) in [6.07, 6.45) is 49.2. The molecule has 0 aromatic heterocycles. The van der Waals surface area contributed by atoms with Gasteiger partial charge in [0.05, 0.1) is 25.4 Å². The van der Waals surface area contributed by atoms with E-state index in [1.54, 1.807) is 0 Å². The van der Waals surface area contributed by atoms with E-state index in [4.69, 9.17) is 9.47 Å². The second-order valence-corrected chi connectivity index (χ2v) is 20.5. The summed E-state index contributed by atoms with van der Waals surface area (Å²) in [5, 5.41) is 54.2. The van der Waals surface area contributed by atoms with Gasteiger partial charge in [0, 0.05) is 6.42 Å². The first kappa shape index (κ1) is 62.2. The lowest BCUT2D eigenvalue weighted by molar-refractivity contribution is -0.302. The Labute approximate surface area is 402 Å². The quantitative estimate of drug-likeness (QED) is 0.0330. The third kappa shape index (κ3) is 36.8. The Balaban J connectivity index is 1.97. The van der Waals surface area contributed by atoms with Crippen LogP contribution in [0.15, 0.2) is 0 Å². The Morgan fingerprint density at radius 2 is 0.769 bits per heavy atom. The first-order valence-electron chi connectivity index (χ1n) is 28.7. The van der Waals surface area contributed by atoms with Gasteiger partial charge in [0.15, 0.2) is 6.29 Å². The lowest BCUT2D eigenvalue weighted by atomic mass is 9.99. The molecule has 388 valence electrons. The molecule has 1 aliphatic heterocycles. The molecule has 9 heteroatoms. The summed E-state index contributed by atoms with van der Waals surface area (Å²) in [6.45, 7) is 3.81. The summed E-state index contributed by atoms with van der Waals surface area (Å²) >= 11 is 0. The highest BCUT2D eigenvalue weighted by atomic mass is 16.7. The molecule has 0 aromatic carbocycles. The maximum Gasteiger partial charge on any atom is 0.220 e. The molecule has 1 rings (SSSR count). The number of hydrogen-bond acceptors (Lipinski definition) is 8. The number of hydrogen-bond donors (Lipinski definition) is 6. The summed E-state index contributed by atoms with van der Waals surface area (Å²) in [4.78, 5) is 13.0. The van der Waals surface area contributed by atoms with Gasteiger partial charge in [0.25, 0.3) is 0 Å². The molecule has 0 radical (unpaired) electrons. The van der Waals surface area contributed by atoms with Crippen molar-refractivity contribution >= 4 is 5.91 Å². The molecule has 6 N–H and O–H groups in total. The largest absolute Gasteiger partial charge is 0.394 e. The topological polar surface area (TPSA) is 149 Å². The minimum Gasteiger partial charge on any atom is -0.394 e. The van der Waals surface area contributed by atoms with E-state index in [1.165, 1.54) is 231 Å². The van der Waals surface area contributed by atoms with Gasteiger partial charge in [0.1, 0.15) is 24.4 Å². The van der Waals surface area contributed by atoms with Crippen molar-refractivity contribution in [2.24, 2.45) is 0 Å². The summed E-state index contributed by atoms with van der Waals surface area (Å²) < 4.78 is 11.2. The van der Waals surface area contributed by atoms with E-state index < -0.39 is 49.5 Å². The molecule has 7 unspecified atom stereocenters. The predicted octanol–water partition coefficient (Wildman–Crippen LogP) is 13.9. The summed E-state index contributed by atoms with van der Waals surface area (Å²) in [5.74, 6) is -0.142. The van der Waals surface area contributed by atoms with Crippen molar-refractivity contribution in [2.45, 2.75) is 339 Å². The van der Waals surface area contributed by atoms with Crippen molar-refractivity contribution in [3.8, 4) is 0 Å².